The Balaban J connectivity index is 1.34. The Kier molecular flexibility index (Phi) is 8.98. The van der Waals surface area contributed by atoms with Crippen LogP contribution in [0.3, 0.4) is 0 Å². The molecule has 0 bridgehead atoms. The number of thioether (sulfide) groups is 2. The van der Waals surface area contributed by atoms with Gasteiger partial charge in [-0.15, -0.1) is 23.1 Å². The molecule has 3 aromatic rings. The van der Waals surface area contributed by atoms with Gasteiger partial charge >= 0.3 is 0 Å². The maximum absolute atomic E-state index is 13.2. The van der Waals surface area contributed by atoms with Gasteiger partial charge in [-0.3, -0.25) is 19.3 Å². The fraction of sp³-hybridized carbons (Fsp3) is 0.320. The first-order valence-electron chi connectivity index (χ1n) is 12.7. The fourth-order valence-corrected chi connectivity index (χ4v) is 7.34. The van der Waals surface area contributed by atoms with Crippen molar-refractivity contribution in [2.45, 2.75) is 29.9 Å². The van der Waals surface area contributed by atoms with Crippen molar-refractivity contribution < 1.29 is 33.7 Å². The number of carboxylic acids is 1. The van der Waals surface area contributed by atoms with Gasteiger partial charge in [0.1, 0.15) is 42.7 Å². The first-order valence-corrected chi connectivity index (χ1v) is 15.6. The molecular formula is C25H26N8O6S3. The zero-order valence-corrected chi connectivity index (χ0v) is 24.7. The summed E-state index contributed by atoms with van der Waals surface area (Å²) >= 11 is 4.05. The number of oxime groups is 1. The van der Waals surface area contributed by atoms with Crippen LogP contribution < -0.4 is 26.0 Å². The van der Waals surface area contributed by atoms with E-state index in [0.29, 0.717) is 30.0 Å². The molecule has 0 saturated carbocycles. The lowest BCUT2D eigenvalue weighted by molar-refractivity contribution is -0.662. The number of carboxylic acid groups (broad SMARTS) is 1. The van der Waals surface area contributed by atoms with Gasteiger partial charge in [0.15, 0.2) is 15.9 Å². The van der Waals surface area contributed by atoms with E-state index in [1.54, 1.807) is 24.1 Å². The van der Waals surface area contributed by atoms with Crippen LogP contribution in [0, 0.1) is 0 Å². The van der Waals surface area contributed by atoms with Crippen LogP contribution in [-0.2, 0) is 30.6 Å². The number of aromatic nitrogens is 3. The molecule has 0 aliphatic carbocycles. The van der Waals surface area contributed by atoms with Gasteiger partial charge in [-0.2, -0.15) is 4.40 Å². The van der Waals surface area contributed by atoms with E-state index >= 15 is 0 Å². The lowest BCUT2D eigenvalue weighted by Gasteiger charge is -2.50. The van der Waals surface area contributed by atoms with E-state index in [4.69, 9.17) is 10.6 Å². The highest BCUT2D eigenvalue weighted by molar-refractivity contribution is 8.00. The van der Waals surface area contributed by atoms with E-state index in [1.165, 1.54) is 16.7 Å². The zero-order chi connectivity index (χ0) is 29.8. The standard InChI is InChI=1S/C25H26N8O6S3/c1-2-39-30-18(15-12-42-25(26)28-15)21(35)29-19-22(36)33-20(24(37)38)14(11-41-23(19)33)10-31-7-8-32-16(31)4-3-5-17(32)40-9-6-27-13-34/h3-5,7-8,12-13,19,23H,2,6,9-11H2,1H3,(H4-,26,27,28,29,34,35,37,38)/b30-18-/t19-,23+/m1/s1. The third-order valence-electron chi connectivity index (χ3n) is 6.39. The van der Waals surface area contributed by atoms with Gasteiger partial charge in [-0.05, 0) is 19.1 Å². The van der Waals surface area contributed by atoms with Crippen molar-refractivity contribution in [2.75, 3.05) is 30.4 Å². The Bertz CT molecular complexity index is 1600. The number of nitrogens with zero attached hydrogens (tertiary/aromatic N) is 5. The summed E-state index contributed by atoms with van der Waals surface area (Å²) in [6.07, 6.45) is 4.37. The van der Waals surface area contributed by atoms with Crippen LogP contribution in [0.25, 0.3) is 5.65 Å². The smallest absolute Gasteiger partial charge is 0.287 e. The molecule has 0 aromatic carbocycles. The Hall–Kier alpha value is -4.09. The number of anilines is 1. The molecule has 220 valence electrons. The SMILES string of the molecule is CCO/N=C(\C(=O)N[C@@H]1C(=O)N2C(C(=O)[O-])=C(C[n+]3ccn4c(SCCNC=O)cccc43)CS[C@@H]12)c1csc(N)n1. The number of hydrogen-bond donors (Lipinski definition) is 3. The summed E-state index contributed by atoms with van der Waals surface area (Å²) in [4.78, 5) is 59.4. The number of thiazole rings is 1. The second-order valence-electron chi connectivity index (χ2n) is 8.97. The second kappa shape index (κ2) is 12.8. The quantitative estimate of drug-likeness (QED) is 0.0400. The number of imidazole rings is 1. The minimum Gasteiger partial charge on any atom is -0.543 e. The summed E-state index contributed by atoms with van der Waals surface area (Å²) in [5.41, 5.74) is 6.91. The first kappa shape index (κ1) is 29.4. The predicted molar refractivity (Wildman–Crippen MR) is 154 cm³/mol. The largest absolute Gasteiger partial charge is 0.543 e. The summed E-state index contributed by atoms with van der Waals surface area (Å²) in [5.74, 6) is -1.74. The highest BCUT2D eigenvalue weighted by Gasteiger charge is 2.53. The molecule has 0 radical (unpaired) electrons. The van der Waals surface area contributed by atoms with Crippen LogP contribution in [0.5, 0.6) is 0 Å². The molecule has 5 rings (SSSR count). The van der Waals surface area contributed by atoms with E-state index < -0.39 is 29.2 Å². The van der Waals surface area contributed by atoms with Gasteiger partial charge in [0.25, 0.3) is 17.5 Å². The molecule has 42 heavy (non-hydrogen) atoms. The molecule has 14 nitrogen and oxygen atoms in total. The normalized spacial score (nSPS) is 18.5. The average Bonchev–Trinajstić information content (AvgIpc) is 3.60. The summed E-state index contributed by atoms with van der Waals surface area (Å²) in [5, 5.41) is 23.5. The number of carbonyl (C=O) groups is 4. The Morgan fingerprint density at radius 3 is 2.95 bits per heavy atom. The van der Waals surface area contributed by atoms with E-state index in [1.807, 2.05) is 39.6 Å². The van der Waals surface area contributed by atoms with Gasteiger partial charge in [0.2, 0.25) is 6.41 Å². The summed E-state index contributed by atoms with van der Waals surface area (Å²) < 4.78 is 3.87. The minimum absolute atomic E-state index is 0.136. The zero-order valence-electron chi connectivity index (χ0n) is 22.2. The topological polar surface area (TPSA) is 187 Å². The number of nitrogens with one attached hydrogen (secondary N) is 2. The predicted octanol–water partition coefficient (Wildman–Crippen LogP) is -1.05. The summed E-state index contributed by atoms with van der Waals surface area (Å²) in [6.45, 7) is 2.66. The maximum atomic E-state index is 13.2. The number of amides is 3. The van der Waals surface area contributed by atoms with Crippen LogP contribution in [0.4, 0.5) is 5.13 Å². The summed E-state index contributed by atoms with van der Waals surface area (Å²) in [6, 6.07) is 4.79. The van der Waals surface area contributed by atoms with Crippen LogP contribution in [0.1, 0.15) is 12.6 Å². The van der Waals surface area contributed by atoms with E-state index in [9.17, 15) is 24.3 Å². The van der Waals surface area contributed by atoms with E-state index in [0.717, 1.165) is 22.0 Å². The molecule has 5 heterocycles. The number of aliphatic carboxylic acids is 1. The third-order valence-corrected chi connectivity index (χ3v) is 9.44. The monoisotopic (exact) mass is 630 g/mol. The molecule has 2 aliphatic rings. The fourth-order valence-electron chi connectivity index (χ4n) is 4.56. The first-order chi connectivity index (χ1) is 20.3. The maximum Gasteiger partial charge on any atom is 0.287 e. The Morgan fingerprint density at radius 1 is 1.40 bits per heavy atom. The van der Waals surface area contributed by atoms with Crippen molar-refractivity contribution in [2.24, 2.45) is 5.16 Å². The molecular weight excluding hydrogens is 605 g/mol. The molecule has 2 aliphatic heterocycles. The number of nitrogens with two attached hydrogens (primary N) is 1. The number of fused-ring (bicyclic) bond motifs is 2. The molecule has 0 unspecified atom stereocenters. The Morgan fingerprint density at radius 2 is 2.24 bits per heavy atom. The molecule has 4 N–H and O–H groups in total. The highest BCUT2D eigenvalue weighted by atomic mass is 32.2. The number of rotatable bonds is 13. The molecule has 3 amide bonds. The number of hydrogen-bond acceptors (Lipinski definition) is 12. The molecule has 3 aromatic heterocycles. The molecule has 1 fully saturated rings. The molecule has 0 spiro atoms. The van der Waals surface area contributed by atoms with Gasteiger partial charge in [-0.25, -0.2) is 9.55 Å². The number of pyridine rings is 1. The lowest BCUT2D eigenvalue weighted by atomic mass is 10.0. The number of β-lactam (4-membered cyclic amide) rings is 1. The van der Waals surface area contributed by atoms with E-state index in [2.05, 4.69) is 20.8 Å². The van der Waals surface area contributed by atoms with Crippen molar-refractivity contribution in [3.63, 3.8) is 0 Å². The molecule has 1 saturated heterocycles. The minimum atomic E-state index is -1.46. The van der Waals surface area contributed by atoms with Crippen molar-refractivity contribution in [3.05, 3.63) is 52.9 Å². The summed E-state index contributed by atoms with van der Waals surface area (Å²) in [7, 11) is 0. The van der Waals surface area contributed by atoms with Gasteiger partial charge in [0, 0.05) is 35.1 Å². The number of carbonyl (C=O) groups excluding carboxylic acids is 4. The average molecular weight is 631 g/mol. The van der Waals surface area contributed by atoms with Crippen LogP contribution >= 0.6 is 34.9 Å². The van der Waals surface area contributed by atoms with Crippen molar-refractivity contribution >= 4 is 75.5 Å². The highest BCUT2D eigenvalue weighted by Crippen LogP contribution is 2.40. The van der Waals surface area contributed by atoms with Gasteiger partial charge < -0.3 is 31.1 Å². The van der Waals surface area contributed by atoms with Gasteiger partial charge in [0.05, 0.1) is 11.7 Å². The molecule has 17 heteroatoms. The van der Waals surface area contributed by atoms with Crippen molar-refractivity contribution in [1.82, 2.24) is 24.9 Å². The second-order valence-corrected chi connectivity index (χ2v) is 12.1. The van der Waals surface area contributed by atoms with E-state index in [-0.39, 0.29) is 35.4 Å². The Labute approximate surface area is 252 Å². The van der Waals surface area contributed by atoms with Gasteiger partial charge in [-0.1, -0.05) is 16.9 Å². The third kappa shape index (κ3) is 5.79. The van der Waals surface area contributed by atoms with Crippen LogP contribution in [-0.4, -0.2) is 80.3 Å². The lowest BCUT2D eigenvalue weighted by Crippen LogP contribution is -2.71. The van der Waals surface area contributed by atoms with Crippen molar-refractivity contribution in [3.8, 4) is 0 Å². The van der Waals surface area contributed by atoms with Crippen LogP contribution in [0.15, 0.2) is 57.4 Å². The van der Waals surface area contributed by atoms with Crippen molar-refractivity contribution in [1.29, 1.82) is 0 Å². The molecule has 2 atom stereocenters. The van der Waals surface area contributed by atoms with Crippen LogP contribution in [0.2, 0.25) is 0 Å². The number of nitrogen functional groups attached to an aromatic ring is 1.